The molecule has 0 bridgehead atoms. The maximum atomic E-state index is 13.2. The lowest BCUT2D eigenvalue weighted by Crippen LogP contribution is -2.52. The van der Waals surface area contributed by atoms with E-state index in [2.05, 4.69) is 19.9 Å². The quantitative estimate of drug-likeness (QED) is 0.795. The molecule has 156 valence electrons. The van der Waals surface area contributed by atoms with Crippen molar-refractivity contribution in [3.63, 3.8) is 0 Å². The normalized spacial score (nSPS) is 19.0. The first-order valence-corrected chi connectivity index (χ1v) is 10.8. The van der Waals surface area contributed by atoms with E-state index in [1.54, 1.807) is 0 Å². The summed E-state index contributed by atoms with van der Waals surface area (Å²) in [6, 6.07) is 2.73. The van der Waals surface area contributed by atoms with Gasteiger partial charge in [-0.05, 0) is 38.3 Å². The zero-order valence-corrected chi connectivity index (χ0v) is 18.1. The summed E-state index contributed by atoms with van der Waals surface area (Å²) < 4.78 is 0. The Morgan fingerprint density at radius 1 is 1.00 bits per heavy atom. The van der Waals surface area contributed by atoms with Gasteiger partial charge in [0.15, 0.2) is 5.65 Å². The Morgan fingerprint density at radius 3 is 2.34 bits per heavy atom. The molecule has 0 aromatic carbocycles. The van der Waals surface area contributed by atoms with Crippen LogP contribution in [0.25, 0.3) is 11.0 Å². The Kier molecular flexibility index (Phi) is 5.67. The van der Waals surface area contributed by atoms with Crippen LogP contribution in [0, 0.1) is 13.8 Å². The largest absolute Gasteiger partial charge is 0.362 e. The number of anilines is 1. The predicted molar refractivity (Wildman–Crippen MR) is 115 cm³/mol. The third kappa shape index (κ3) is 4.06. The number of rotatable bonds is 3. The predicted octanol–water partition coefficient (Wildman–Crippen LogP) is 2.80. The van der Waals surface area contributed by atoms with E-state index in [1.165, 1.54) is 32.1 Å². The van der Waals surface area contributed by atoms with Crippen molar-refractivity contribution < 1.29 is 4.79 Å². The highest BCUT2D eigenvalue weighted by Crippen LogP contribution is 2.27. The van der Waals surface area contributed by atoms with Crippen molar-refractivity contribution >= 4 is 22.8 Å². The molecule has 2 aromatic rings. The van der Waals surface area contributed by atoms with Crippen molar-refractivity contribution in [3.05, 3.63) is 23.1 Å². The van der Waals surface area contributed by atoms with Gasteiger partial charge in [0, 0.05) is 52.0 Å². The summed E-state index contributed by atoms with van der Waals surface area (Å²) in [7, 11) is 3.89. The van der Waals surface area contributed by atoms with Crippen LogP contribution in [-0.2, 0) is 0 Å². The maximum Gasteiger partial charge on any atom is 0.291 e. The Morgan fingerprint density at radius 2 is 1.69 bits per heavy atom. The molecule has 29 heavy (non-hydrogen) atoms. The van der Waals surface area contributed by atoms with Crippen molar-refractivity contribution in [3.8, 4) is 0 Å². The molecule has 0 atom stereocenters. The molecule has 1 aliphatic carbocycles. The molecule has 2 aromatic heterocycles. The fourth-order valence-electron chi connectivity index (χ4n) is 4.75. The van der Waals surface area contributed by atoms with E-state index in [0.717, 1.165) is 48.6 Å². The summed E-state index contributed by atoms with van der Waals surface area (Å²) in [5.41, 5.74) is 2.58. The van der Waals surface area contributed by atoms with Crippen molar-refractivity contribution in [1.29, 1.82) is 0 Å². The number of hydrogen-bond acceptors (Lipinski definition) is 6. The van der Waals surface area contributed by atoms with Crippen LogP contribution in [0.1, 0.15) is 54.0 Å². The molecule has 2 fully saturated rings. The molecule has 0 unspecified atom stereocenters. The lowest BCUT2D eigenvalue weighted by Gasteiger charge is -2.40. The van der Waals surface area contributed by atoms with Crippen molar-refractivity contribution in [2.45, 2.75) is 52.0 Å². The minimum Gasteiger partial charge on any atom is -0.362 e. The molecule has 0 spiro atoms. The van der Waals surface area contributed by atoms with Gasteiger partial charge in [0.1, 0.15) is 5.82 Å². The number of carbonyl (C=O) groups excluding carboxylic acids is 1. The van der Waals surface area contributed by atoms with E-state index in [-0.39, 0.29) is 11.7 Å². The highest BCUT2D eigenvalue weighted by atomic mass is 16.2. The highest BCUT2D eigenvalue weighted by Gasteiger charge is 2.29. The molecular formula is C22H32N6O. The van der Waals surface area contributed by atoms with Crippen LogP contribution in [0.5, 0.6) is 0 Å². The van der Waals surface area contributed by atoms with Gasteiger partial charge in [-0.15, -0.1) is 0 Å². The fourth-order valence-corrected chi connectivity index (χ4v) is 4.75. The molecule has 1 saturated carbocycles. The van der Waals surface area contributed by atoms with Crippen molar-refractivity contribution in [2.24, 2.45) is 0 Å². The summed E-state index contributed by atoms with van der Waals surface area (Å²) in [4.78, 5) is 33.4. The number of fused-ring (bicyclic) bond motifs is 1. The Balaban J connectivity index is 1.56. The van der Waals surface area contributed by atoms with E-state index in [4.69, 9.17) is 0 Å². The lowest BCUT2D eigenvalue weighted by molar-refractivity contribution is 0.0513. The van der Waals surface area contributed by atoms with Gasteiger partial charge >= 0.3 is 0 Å². The SMILES string of the molecule is Cc1cc(C)c2c(N(C)C)nc(C(=O)N3CCN(C4CCCCC4)CC3)nc2n1. The van der Waals surface area contributed by atoms with Gasteiger partial charge in [0.2, 0.25) is 5.82 Å². The van der Waals surface area contributed by atoms with Gasteiger partial charge in [-0.25, -0.2) is 15.0 Å². The molecule has 7 nitrogen and oxygen atoms in total. The van der Waals surface area contributed by atoms with Crippen molar-refractivity contribution in [1.82, 2.24) is 24.8 Å². The Labute approximate surface area is 173 Å². The zero-order valence-electron chi connectivity index (χ0n) is 18.1. The molecule has 3 heterocycles. The van der Waals surface area contributed by atoms with Crippen LogP contribution in [0.2, 0.25) is 0 Å². The summed E-state index contributed by atoms with van der Waals surface area (Å²) in [6.07, 6.45) is 6.66. The molecule has 0 N–H and O–H groups in total. The van der Waals surface area contributed by atoms with E-state index < -0.39 is 0 Å². The molecule has 1 saturated heterocycles. The van der Waals surface area contributed by atoms with Crippen LogP contribution >= 0.6 is 0 Å². The molecule has 1 aliphatic heterocycles. The molecule has 0 radical (unpaired) electrons. The van der Waals surface area contributed by atoms with Crippen LogP contribution in [0.3, 0.4) is 0 Å². The van der Waals surface area contributed by atoms with Crippen LogP contribution < -0.4 is 4.90 Å². The average molecular weight is 397 g/mol. The molecule has 1 amide bonds. The second-order valence-electron chi connectivity index (χ2n) is 8.66. The number of amides is 1. The number of hydrogen-bond donors (Lipinski definition) is 0. The van der Waals surface area contributed by atoms with Crippen LogP contribution in [0.15, 0.2) is 6.07 Å². The number of pyridine rings is 1. The first kappa shape index (κ1) is 20.0. The summed E-state index contributed by atoms with van der Waals surface area (Å²) in [5.74, 6) is 0.924. The Hall–Kier alpha value is -2.28. The minimum absolute atomic E-state index is 0.0840. The summed E-state index contributed by atoms with van der Waals surface area (Å²) in [6.45, 7) is 7.37. The smallest absolute Gasteiger partial charge is 0.291 e. The van der Waals surface area contributed by atoms with Gasteiger partial charge in [-0.3, -0.25) is 9.69 Å². The van der Waals surface area contributed by atoms with Crippen molar-refractivity contribution in [2.75, 3.05) is 45.2 Å². The number of aryl methyl sites for hydroxylation is 2. The van der Waals surface area contributed by atoms with E-state index in [9.17, 15) is 4.79 Å². The van der Waals surface area contributed by atoms with Gasteiger partial charge in [0.25, 0.3) is 5.91 Å². The van der Waals surface area contributed by atoms with Gasteiger partial charge in [-0.1, -0.05) is 19.3 Å². The number of aromatic nitrogens is 3. The first-order chi connectivity index (χ1) is 13.9. The topological polar surface area (TPSA) is 65.5 Å². The van der Waals surface area contributed by atoms with E-state index >= 15 is 0 Å². The maximum absolute atomic E-state index is 13.2. The third-order valence-electron chi connectivity index (χ3n) is 6.28. The number of carbonyl (C=O) groups is 1. The molecule has 2 aliphatic rings. The lowest BCUT2D eigenvalue weighted by atomic mass is 9.94. The zero-order chi connectivity index (χ0) is 20.5. The first-order valence-electron chi connectivity index (χ1n) is 10.8. The van der Waals surface area contributed by atoms with Gasteiger partial charge < -0.3 is 9.80 Å². The number of piperazine rings is 1. The monoisotopic (exact) mass is 396 g/mol. The van der Waals surface area contributed by atoms with Gasteiger partial charge in [0.05, 0.1) is 5.39 Å². The molecule has 4 rings (SSSR count). The minimum atomic E-state index is -0.0840. The standard InChI is InChI=1S/C22H32N6O/c1-15-14-16(2)23-19-18(15)21(26(3)4)25-20(24-19)22(29)28-12-10-27(11-13-28)17-8-6-5-7-9-17/h14,17H,5-13H2,1-4H3. The van der Waals surface area contributed by atoms with Crippen LogP contribution in [0.4, 0.5) is 5.82 Å². The number of nitrogens with zero attached hydrogens (tertiary/aromatic N) is 6. The second-order valence-corrected chi connectivity index (χ2v) is 8.66. The molecular weight excluding hydrogens is 364 g/mol. The van der Waals surface area contributed by atoms with E-state index in [1.807, 2.05) is 43.8 Å². The second kappa shape index (κ2) is 8.22. The summed E-state index contributed by atoms with van der Waals surface area (Å²) >= 11 is 0. The third-order valence-corrected chi connectivity index (χ3v) is 6.28. The van der Waals surface area contributed by atoms with Crippen LogP contribution in [-0.4, -0.2) is 77.0 Å². The van der Waals surface area contributed by atoms with Gasteiger partial charge in [-0.2, -0.15) is 0 Å². The average Bonchev–Trinajstić information content (AvgIpc) is 2.72. The fraction of sp³-hybridized carbons (Fsp3) is 0.636. The Bertz CT molecular complexity index is 898. The molecule has 7 heteroatoms. The van der Waals surface area contributed by atoms with E-state index in [0.29, 0.717) is 11.7 Å². The highest BCUT2D eigenvalue weighted by molar-refractivity contribution is 5.96. The summed E-state index contributed by atoms with van der Waals surface area (Å²) in [5, 5.41) is 0.916.